The van der Waals surface area contributed by atoms with Crippen molar-refractivity contribution in [2.24, 2.45) is 0 Å². The molecular weight excluding hydrogens is 306 g/mol. The molecule has 5 nitrogen and oxygen atoms in total. The first-order chi connectivity index (χ1) is 11.6. The molecule has 0 aliphatic carbocycles. The summed E-state index contributed by atoms with van der Waals surface area (Å²) in [7, 11) is 0. The Morgan fingerprint density at radius 1 is 0.792 bits per heavy atom. The number of imide groups is 1. The summed E-state index contributed by atoms with van der Waals surface area (Å²) >= 11 is 0. The van der Waals surface area contributed by atoms with Crippen molar-refractivity contribution in [3.05, 3.63) is 77.4 Å². The van der Waals surface area contributed by atoms with Crippen molar-refractivity contribution in [2.45, 2.75) is 0 Å². The molecule has 0 saturated heterocycles. The van der Waals surface area contributed by atoms with E-state index < -0.39 is 17.8 Å². The van der Waals surface area contributed by atoms with Gasteiger partial charge in [0.05, 0.1) is 22.4 Å². The summed E-state index contributed by atoms with van der Waals surface area (Å²) in [6.07, 6.45) is 0. The minimum absolute atomic E-state index is 0.0531. The van der Waals surface area contributed by atoms with E-state index >= 15 is 0 Å². The van der Waals surface area contributed by atoms with Crippen LogP contribution >= 0.6 is 0 Å². The van der Waals surface area contributed by atoms with Gasteiger partial charge in [-0.1, -0.05) is 42.5 Å². The molecule has 5 heteroatoms. The Morgan fingerprint density at radius 2 is 1.38 bits per heavy atom. The second kappa shape index (κ2) is 5.03. The lowest BCUT2D eigenvalue weighted by Crippen LogP contribution is -2.31. The van der Waals surface area contributed by atoms with E-state index in [9.17, 15) is 19.5 Å². The van der Waals surface area contributed by atoms with Gasteiger partial charge in [-0.15, -0.1) is 0 Å². The highest BCUT2D eigenvalue weighted by Crippen LogP contribution is 2.34. The maximum absolute atomic E-state index is 12.6. The fourth-order valence-electron chi connectivity index (χ4n) is 3.08. The highest BCUT2D eigenvalue weighted by atomic mass is 16.4. The number of fused-ring (bicyclic) bond motifs is 2. The number of hydrogen-bond donors (Lipinski definition) is 1. The first-order valence-corrected chi connectivity index (χ1v) is 7.32. The predicted octanol–water partition coefficient (Wildman–Crippen LogP) is 3.34. The molecule has 1 N–H and O–H groups in total. The van der Waals surface area contributed by atoms with Crippen LogP contribution in [-0.2, 0) is 0 Å². The first kappa shape index (κ1) is 14.1. The van der Waals surface area contributed by atoms with Gasteiger partial charge in [0, 0.05) is 0 Å². The number of amides is 2. The first-order valence-electron chi connectivity index (χ1n) is 7.32. The van der Waals surface area contributed by atoms with Crippen LogP contribution in [0.3, 0.4) is 0 Å². The molecule has 3 aromatic rings. The van der Waals surface area contributed by atoms with Gasteiger partial charge in [-0.3, -0.25) is 9.59 Å². The molecule has 1 heterocycles. The average molecular weight is 317 g/mol. The van der Waals surface area contributed by atoms with E-state index in [1.165, 1.54) is 6.07 Å². The number of nitrogens with zero attached hydrogens (tertiary/aromatic N) is 1. The number of benzene rings is 3. The second-order valence-electron chi connectivity index (χ2n) is 5.48. The second-order valence-corrected chi connectivity index (χ2v) is 5.48. The Morgan fingerprint density at radius 3 is 2.00 bits per heavy atom. The van der Waals surface area contributed by atoms with Crippen molar-refractivity contribution < 1.29 is 19.5 Å². The summed E-state index contributed by atoms with van der Waals surface area (Å²) in [5, 5.41) is 10.9. The van der Waals surface area contributed by atoms with Crippen molar-refractivity contribution in [1.82, 2.24) is 0 Å². The third-order valence-electron chi connectivity index (χ3n) is 4.16. The van der Waals surface area contributed by atoms with Crippen molar-refractivity contribution in [2.75, 3.05) is 4.90 Å². The standard InChI is InChI=1S/C19H11NO4/c21-17-13-7-3-4-8-14(13)18(22)20(17)15-10-9-11-5-1-2-6-12(11)16(15)19(23)24/h1-10H,(H,23,24). The lowest BCUT2D eigenvalue weighted by atomic mass is 10.0. The Kier molecular flexibility index (Phi) is 2.96. The number of carbonyl (C=O) groups is 3. The molecule has 3 aromatic carbocycles. The molecule has 0 spiro atoms. The molecule has 4 rings (SSSR count). The van der Waals surface area contributed by atoms with Crippen LogP contribution in [0.2, 0.25) is 0 Å². The third-order valence-corrected chi connectivity index (χ3v) is 4.16. The number of aromatic carboxylic acids is 1. The maximum Gasteiger partial charge on any atom is 0.338 e. The van der Waals surface area contributed by atoms with Crippen LogP contribution < -0.4 is 4.90 Å². The zero-order chi connectivity index (χ0) is 16.8. The van der Waals surface area contributed by atoms with Gasteiger partial charge in [0.2, 0.25) is 0 Å². The summed E-state index contributed by atoms with van der Waals surface area (Å²) in [5.74, 6) is -2.19. The molecule has 0 fully saturated rings. The predicted molar refractivity (Wildman–Crippen MR) is 88.5 cm³/mol. The Hall–Kier alpha value is -3.47. The number of rotatable bonds is 2. The smallest absolute Gasteiger partial charge is 0.338 e. The van der Waals surface area contributed by atoms with Crippen LogP contribution in [0.1, 0.15) is 31.1 Å². The monoisotopic (exact) mass is 317 g/mol. The lowest BCUT2D eigenvalue weighted by Gasteiger charge is -2.18. The van der Waals surface area contributed by atoms with Crippen LogP contribution in [0.25, 0.3) is 10.8 Å². The van der Waals surface area contributed by atoms with E-state index in [0.29, 0.717) is 5.39 Å². The van der Waals surface area contributed by atoms with E-state index in [-0.39, 0.29) is 22.4 Å². The highest BCUT2D eigenvalue weighted by Gasteiger charge is 2.38. The minimum Gasteiger partial charge on any atom is -0.478 e. The van der Waals surface area contributed by atoms with Gasteiger partial charge in [-0.25, -0.2) is 9.69 Å². The molecule has 0 radical (unpaired) electrons. The van der Waals surface area contributed by atoms with Crippen molar-refractivity contribution in [3.63, 3.8) is 0 Å². The summed E-state index contributed by atoms with van der Waals surface area (Å²) < 4.78 is 0. The highest BCUT2D eigenvalue weighted by molar-refractivity contribution is 6.35. The molecule has 0 atom stereocenters. The third kappa shape index (κ3) is 1.85. The Labute approximate surface area is 136 Å². The van der Waals surface area contributed by atoms with Crippen LogP contribution in [0.4, 0.5) is 5.69 Å². The van der Waals surface area contributed by atoms with Crippen LogP contribution in [0.5, 0.6) is 0 Å². The van der Waals surface area contributed by atoms with E-state index in [0.717, 1.165) is 10.3 Å². The van der Waals surface area contributed by atoms with Crippen LogP contribution in [0.15, 0.2) is 60.7 Å². The fourth-order valence-corrected chi connectivity index (χ4v) is 3.08. The van der Waals surface area contributed by atoms with E-state index in [1.807, 2.05) is 0 Å². The minimum atomic E-state index is -1.18. The van der Waals surface area contributed by atoms with Gasteiger partial charge < -0.3 is 5.11 Å². The SMILES string of the molecule is O=C(O)c1c(N2C(=O)c3ccccc3C2=O)ccc2ccccc12. The number of anilines is 1. The van der Waals surface area contributed by atoms with Crippen molar-refractivity contribution >= 4 is 34.2 Å². The Bertz CT molecular complexity index is 1000. The maximum atomic E-state index is 12.6. The molecule has 24 heavy (non-hydrogen) atoms. The average Bonchev–Trinajstić information content (AvgIpc) is 2.85. The van der Waals surface area contributed by atoms with E-state index in [2.05, 4.69) is 0 Å². The van der Waals surface area contributed by atoms with Gasteiger partial charge in [-0.05, 0) is 29.0 Å². The normalized spacial score (nSPS) is 13.4. The molecule has 0 saturated carbocycles. The zero-order valence-corrected chi connectivity index (χ0v) is 12.4. The van der Waals surface area contributed by atoms with Gasteiger partial charge in [0.1, 0.15) is 0 Å². The van der Waals surface area contributed by atoms with Gasteiger partial charge in [0.15, 0.2) is 0 Å². The fraction of sp³-hybridized carbons (Fsp3) is 0. The number of carbonyl (C=O) groups excluding carboxylic acids is 2. The molecule has 0 bridgehead atoms. The molecule has 0 unspecified atom stereocenters. The molecule has 1 aliphatic rings. The number of hydrogen-bond acceptors (Lipinski definition) is 3. The molecule has 116 valence electrons. The van der Waals surface area contributed by atoms with E-state index in [1.54, 1.807) is 54.6 Å². The quantitative estimate of drug-likeness (QED) is 0.736. The number of carboxylic acids is 1. The lowest BCUT2D eigenvalue weighted by molar-refractivity contribution is 0.0700. The van der Waals surface area contributed by atoms with Crippen LogP contribution in [-0.4, -0.2) is 22.9 Å². The van der Waals surface area contributed by atoms with Crippen molar-refractivity contribution in [1.29, 1.82) is 0 Å². The van der Waals surface area contributed by atoms with E-state index in [4.69, 9.17) is 0 Å². The Balaban J connectivity index is 1.99. The van der Waals surface area contributed by atoms with Crippen LogP contribution in [0, 0.1) is 0 Å². The number of carboxylic acid groups (broad SMARTS) is 1. The largest absolute Gasteiger partial charge is 0.478 e. The molecule has 1 aliphatic heterocycles. The molecule has 0 aromatic heterocycles. The molecular formula is C19H11NO4. The summed E-state index contributed by atoms with van der Waals surface area (Å²) in [4.78, 5) is 38.0. The summed E-state index contributed by atoms with van der Waals surface area (Å²) in [6, 6.07) is 16.7. The topological polar surface area (TPSA) is 74.7 Å². The van der Waals surface area contributed by atoms with Gasteiger partial charge in [-0.2, -0.15) is 0 Å². The molecule has 2 amide bonds. The summed E-state index contributed by atoms with van der Waals surface area (Å²) in [5.41, 5.74) is 0.606. The van der Waals surface area contributed by atoms with Gasteiger partial charge in [0.25, 0.3) is 11.8 Å². The van der Waals surface area contributed by atoms with Gasteiger partial charge >= 0.3 is 5.97 Å². The zero-order valence-electron chi connectivity index (χ0n) is 12.4. The van der Waals surface area contributed by atoms with Crippen molar-refractivity contribution in [3.8, 4) is 0 Å². The summed E-state index contributed by atoms with van der Waals surface area (Å²) in [6.45, 7) is 0.